The Hall–Kier alpha value is -7.54. The van der Waals surface area contributed by atoms with E-state index in [9.17, 15) is 0 Å². The Morgan fingerprint density at radius 2 is 0.310 bits per heavy atom. The molecular formula is C58H40. The molecule has 0 aliphatic rings. The lowest BCUT2D eigenvalue weighted by atomic mass is 9.82. The molecule has 0 aliphatic heterocycles. The van der Waals surface area contributed by atoms with Crippen LogP contribution in [0.2, 0.25) is 0 Å². The third-order valence-electron chi connectivity index (χ3n) is 11.3. The molecule has 10 aromatic rings. The first-order valence-electron chi connectivity index (χ1n) is 20.0. The minimum atomic E-state index is 1.19. The molecule has 10 rings (SSSR count). The monoisotopic (exact) mass is 736 g/mol. The third kappa shape index (κ3) is 6.61. The van der Waals surface area contributed by atoms with E-state index in [4.69, 9.17) is 0 Å². The van der Waals surface area contributed by atoms with Crippen LogP contribution < -0.4 is 0 Å². The molecule has 0 aliphatic carbocycles. The Balaban J connectivity index is 1.31. The molecular weight excluding hydrogens is 697 g/mol. The first kappa shape index (κ1) is 34.9. The maximum Gasteiger partial charge on any atom is -0.00926 e. The summed E-state index contributed by atoms with van der Waals surface area (Å²) in [7, 11) is 0. The van der Waals surface area contributed by atoms with E-state index in [0.717, 1.165) is 0 Å². The summed E-state index contributed by atoms with van der Waals surface area (Å²) in [4.78, 5) is 0. The second kappa shape index (κ2) is 15.5. The van der Waals surface area contributed by atoms with Gasteiger partial charge in [-0.25, -0.2) is 0 Å². The summed E-state index contributed by atoms with van der Waals surface area (Å²) in [6.07, 6.45) is 0. The second-order valence-electron chi connectivity index (χ2n) is 14.8. The van der Waals surface area contributed by atoms with Crippen LogP contribution >= 0.6 is 0 Å². The van der Waals surface area contributed by atoms with Crippen molar-refractivity contribution >= 4 is 10.8 Å². The van der Waals surface area contributed by atoms with Crippen molar-refractivity contribution < 1.29 is 0 Å². The summed E-state index contributed by atoms with van der Waals surface area (Å²) in [5, 5.41) is 2.38. The lowest BCUT2D eigenvalue weighted by Gasteiger charge is -2.21. The molecule has 0 saturated carbocycles. The molecule has 0 amide bonds. The van der Waals surface area contributed by atoms with Crippen molar-refractivity contribution in [2.24, 2.45) is 0 Å². The standard InChI is InChI=1S/C58H40/c1-5-21-41(22-6-1)47-29-13-17-33-51(47)55-37-45-39-57(53-35-19-15-31-49(53)43-25-9-3-10-26-43)58(54-36-20-16-32-50(54)44-27-11-4-12-28-44)40-46(45)38-56(55)52-34-18-14-30-48(52)42-23-7-2-8-24-42/h1-40H. The van der Waals surface area contributed by atoms with Crippen molar-refractivity contribution in [2.75, 3.05) is 0 Å². The second-order valence-corrected chi connectivity index (χ2v) is 14.8. The number of benzene rings is 10. The largest absolute Gasteiger partial charge is 0.0622 e. The SMILES string of the molecule is c1ccc(-c2ccccc2-c2cc3cc(-c4ccccc4-c4ccccc4)c(-c4ccccc4-c4ccccc4)cc3cc2-c2ccccc2-c2ccccc2)cc1. The van der Waals surface area contributed by atoms with Crippen molar-refractivity contribution in [2.45, 2.75) is 0 Å². The fourth-order valence-electron chi connectivity index (χ4n) is 8.59. The first-order chi connectivity index (χ1) is 28.8. The van der Waals surface area contributed by atoms with Crippen molar-refractivity contribution in [3.8, 4) is 89.0 Å². The highest BCUT2D eigenvalue weighted by atomic mass is 14.2. The Morgan fingerprint density at radius 3 is 0.517 bits per heavy atom. The Labute approximate surface area is 341 Å². The summed E-state index contributed by atoms with van der Waals surface area (Å²) >= 11 is 0. The van der Waals surface area contributed by atoms with Crippen LogP contribution in [0.15, 0.2) is 243 Å². The molecule has 0 heterocycles. The van der Waals surface area contributed by atoms with E-state index in [0.29, 0.717) is 0 Å². The summed E-state index contributed by atoms with van der Waals surface area (Å²) in [6.45, 7) is 0. The fraction of sp³-hybridized carbons (Fsp3) is 0. The van der Waals surface area contributed by atoms with Gasteiger partial charge in [0.1, 0.15) is 0 Å². The van der Waals surface area contributed by atoms with E-state index in [2.05, 4.69) is 243 Å². The highest BCUT2D eigenvalue weighted by Crippen LogP contribution is 2.47. The van der Waals surface area contributed by atoms with Crippen LogP contribution in [0.4, 0.5) is 0 Å². The molecule has 0 saturated heterocycles. The summed E-state index contributed by atoms with van der Waals surface area (Å²) in [5.41, 5.74) is 19.3. The quantitative estimate of drug-likeness (QED) is 0.146. The van der Waals surface area contributed by atoms with Gasteiger partial charge in [-0.15, -0.1) is 0 Å². The number of hydrogen-bond acceptors (Lipinski definition) is 0. The number of rotatable bonds is 8. The smallest absolute Gasteiger partial charge is 0.00926 e. The van der Waals surface area contributed by atoms with Gasteiger partial charge in [-0.1, -0.05) is 218 Å². The van der Waals surface area contributed by atoms with Gasteiger partial charge in [0, 0.05) is 0 Å². The average Bonchev–Trinajstić information content (AvgIpc) is 3.32. The zero-order valence-corrected chi connectivity index (χ0v) is 32.1. The molecule has 0 unspecified atom stereocenters. The van der Waals surface area contributed by atoms with Gasteiger partial charge < -0.3 is 0 Å². The Bertz CT molecular complexity index is 2600. The summed E-state index contributed by atoms with van der Waals surface area (Å²) in [5.74, 6) is 0. The van der Waals surface area contributed by atoms with Crippen LogP contribution in [-0.4, -0.2) is 0 Å². The van der Waals surface area contributed by atoms with Gasteiger partial charge in [-0.05, 0) is 124 Å². The maximum absolute atomic E-state index is 2.44. The van der Waals surface area contributed by atoms with Crippen molar-refractivity contribution in [1.29, 1.82) is 0 Å². The Kier molecular flexibility index (Phi) is 9.35. The van der Waals surface area contributed by atoms with E-state index in [1.807, 2.05) is 0 Å². The van der Waals surface area contributed by atoms with E-state index in [-0.39, 0.29) is 0 Å². The molecule has 0 atom stereocenters. The van der Waals surface area contributed by atoms with E-state index in [1.165, 1.54) is 99.8 Å². The normalized spacial score (nSPS) is 11.1. The van der Waals surface area contributed by atoms with E-state index >= 15 is 0 Å². The van der Waals surface area contributed by atoms with Crippen LogP contribution in [0.25, 0.3) is 99.8 Å². The molecule has 0 bridgehead atoms. The molecule has 272 valence electrons. The van der Waals surface area contributed by atoms with Gasteiger partial charge in [0.05, 0.1) is 0 Å². The van der Waals surface area contributed by atoms with Gasteiger partial charge in [0.15, 0.2) is 0 Å². The van der Waals surface area contributed by atoms with Crippen LogP contribution in [0.5, 0.6) is 0 Å². The summed E-state index contributed by atoms with van der Waals surface area (Å²) < 4.78 is 0. The van der Waals surface area contributed by atoms with Gasteiger partial charge in [0.2, 0.25) is 0 Å². The molecule has 0 nitrogen and oxygen atoms in total. The lowest BCUT2D eigenvalue weighted by Crippen LogP contribution is -1.95. The van der Waals surface area contributed by atoms with Crippen molar-refractivity contribution in [3.05, 3.63) is 243 Å². The van der Waals surface area contributed by atoms with E-state index in [1.54, 1.807) is 0 Å². The minimum absolute atomic E-state index is 1.19. The maximum atomic E-state index is 2.44. The topological polar surface area (TPSA) is 0 Å². The van der Waals surface area contributed by atoms with Gasteiger partial charge in [-0.2, -0.15) is 0 Å². The van der Waals surface area contributed by atoms with Gasteiger partial charge in [-0.3, -0.25) is 0 Å². The predicted molar refractivity (Wildman–Crippen MR) is 247 cm³/mol. The average molecular weight is 737 g/mol. The molecule has 10 aromatic carbocycles. The minimum Gasteiger partial charge on any atom is -0.0622 e. The van der Waals surface area contributed by atoms with Crippen molar-refractivity contribution in [3.63, 3.8) is 0 Å². The molecule has 0 radical (unpaired) electrons. The summed E-state index contributed by atoms with van der Waals surface area (Å²) in [6, 6.07) is 88.3. The Morgan fingerprint density at radius 1 is 0.138 bits per heavy atom. The van der Waals surface area contributed by atoms with Crippen LogP contribution in [0, 0.1) is 0 Å². The number of hydrogen-bond donors (Lipinski definition) is 0. The van der Waals surface area contributed by atoms with E-state index < -0.39 is 0 Å². The predicted octanol–water partition coefficient (Wildman–Crippen LogP) is 16.2. The molecule has 0 heteroatoms. The van der Waals surface area contributed by atoms with Crippen LogP contribution in [0.3, 0.4) is 0 Å². The molecule has 0 N–H and O–H groups in total. The first-order valence-corrected chi connectivity index (χ1v) is 20.0. The number of fused-ring (bicyclic) bond motifs is 1. The van der Waals surface area contributed by atoms with Crippen LogP contribution in [0.1, 0.15) is 0 Å². The zero-order chi connectivity index (χ0) is 38.7. The fourth-order valence-corrected chi connectivity index (χ4v) is 8.59. The highest BCUT2D eigenvalue weighted by molar-refractivity contribution is 6.07. The molecule has 58 heavy (non-hydrogen) atoms. The lowest BCUT2D eigenvalue weighted by molar-refractivity contribution is 1.55. The zero-order valence-electron chi connectivity index (χ0n) is 32.1. The van der Waals surface area contributed by atoms with Crippen LogP contribution in [-0.2, 0) is 0 Å². The third-order valence-corrected chi connectivity index (χ3v) is 11.3. The molecule has 0 fully saturated rings. The van der Waals surface area contributed by atoms with Crippen molar-refractivity contribution in [1.82, 2.24) is 0 Å². The van der Waals surface area contributed by atoms with Gasteiger partial charge in [0.25, 0.3) is 0 Å². The molecule has 0 aromatic heterocycles. The highest BCUT2D eigenvalue weighted by Gasteiger charge is 2.21. The van der Waals surface area contributed by atoms with Gasteiger partial charge >= 0.3 is 0 Å². The molecule has 0 spiro atoms.